The molecule has 0 atom stereocenters. The fourth-order valence-corrected chi connectivity index (χ4v) is 5.35. The van der Waals surface area contributed by atoms with Crippen molar-refractivity contribution in [3.05, 3.63) is 78.4 Å². The number of H-pyrrole nitrogens is 1. The summed E-state index contributed by atoms with van der Waals surface area (Å²) in [5.41, 5.74) is 6.89. The molecule has 1 spiro atoms. The topological polar surface area (TPSA) is 62.6 Å². The highest BCUT2D eigenvalue weighted by Crippen LogP contribution is 2.44. The number of likely N-dealkylation sites (tertiary alicyclic amines) is 1. The average molecular weight is 406 g/mol. The van der Waals surface area contributed by atoms with Crippen LogP contribution < -0.4 is 0 Å². The Hall–Kier alpha value is -3.51. The van der Waals surface area contributed by atoms with E-state index in [-0.39, 0.29) is 5.41 Å². The van der Waals surface area contributed by atoms with Gasteiger partial charge in [0.25, 0.3) is 0 Å². The molecule has 1 saturated heterocycles. The van der Waals surface area contributed by atoms with Gasteiger partial charge in [-0.1, -0.05) is 30.3 Å². The minimum atomic E-state index is 0.224. The van der Waals surface area contributed by atoms with Gasteiger partial charge in [0.05, 0.1) is 28.8 Å². The number of aryl methyl sites for hydroxylation is 1. The van der Waals surface area contributed by atoms with Gasteiger partial charge in [0.1, 0.15) is 5.82 Å². The largest absolute Gasteiger partial charge is 0.341 e. The number of nitrogens with zero attached hydrogens (tertiary/aromatic N) is 5. The van der Waals surface area contributed by atoms with Crippen molar-refractivity contribution in [3.63, 3.8) is 0 Å². The lowest BCUT2D eigenvalue weighted by Gasteiger charge is -2.47. The van der Waals surface area contributed by atoms with E-state index in [2.05, 4.69) is 55.9 Å². The van der Waals surface area contributed by atoms with Crippen molar-refractivity contribution in [1.82, 2.24) is 29.6 Å². The van der Waals surface area contributed by atoms with Crippen LogP contribution in [-0.4, -0.2) is 42.7 Å². The molecule has 0 bridgehead atoms. The third-order valence-electron chi connectivity index (χ3n) is 6.88. The number of aromatic amines is 1. The first kappa shape index (κ1) is 17.2. The Bertz CT molecular complexity index is 1410. The minimum Gasteiger partial charge on any atom is -0.341 e. The molecule has 5 heterocycles. The van der Waals surface area contributed by atoms with Crippen molar-refractivity contribution in [1.29, 1.82) is 0 Å². The van der Waals surface area contributed by atoms with E-state index in [0.717, 1.165) is 65.2 Å². The number of hydrogen-bond donors (Lipinski definition) is 1. The fourth-order valence-electron chi connectivity index (χ4n) is 5.35. The summed E-state index contributed by atoms with van der Waals surface area (Å²) in [6.45, 7) is 3.98. The molecular weight excluding hydrogens is 384 g/mol. The molecule has 6 nitrogen and oxygen atoms in total. The summed E-state index contributed by atoms with van der Waals surface area (Å²) in [5.74, 6) is 1.05. The van der Waals surface area contributed by atoms with E-state index in [1.54, 1.807) is 0 Å². The van der Waals surface area contributed by atoms with Crippen LogP contribution in [-0.2, 0) is 18.5 Å². The third-order valence-corrected chi connectivity index (χ3v) is 6.88. The first-order valence-electron chi connectivity index (χ1n) is 10.9. The number of pyridine rings is 1. The van der Waals surface area contributed by atoms with Gasteiger partial charge in [0.15, 0.2) is 0 Å². The van der Waals surface area contributed by atoms with E-state index < -0.39 is 0 Å². The first-order chi connectivity index (χ1) is 15.3. The summed E-state index contributed by atoms with van der Waals surface area (Å²) >= 11 is 0. The predicted molar refractivity (Wildman–Crippen MR) is 121 cm³/mol. The number of rotatable bonds is 3. The minimum absolute atomic E-state index is 0.224. The Labute approximate surface area is 179 Å². The summed E-state index contributed by atoms with van der Waals surface area (Å²) < 4.78 is 2.21. The average Bonchev–Trinajstić information content (AvgIpc) is 3.46. The lowest BCUT2D eigenvalue weighted by atomic mass is 9.76. The van der Waals surface area contributed by atoms with Crippen LogP contribution in [0, 0.1) is 0 Å². The van der Waals surface area contributed by atoms with Crippen LogP contribution in [0.5, 0.6) is 0 Å². The number of hydrogen-bond acceptors (Lipinski definition) is 4. The van der Waals surface area contributed by atoms with Gasteiger partial charge in [-0.15, -0.1) is 0 Å². The molecule has 6 heteroatoms. The monoisotopic (exact) mass is 406 g/mol. The lowest BCUT2D eigenvalue weighted by molar-refractivity contribution is 0.0560. The molecule has 2 aromatic carbocycles. The highest BCUT2D eigenvalue weighted by molar-refractivity contribution is 5.82. The third kappa shape index (κ3) is 2.65. The van der Waals surface area contributed by atoms with Crippen LogP contribution >= 0.6 is 0 Å². The molecule has 31 heavy (non-hydrogen) atoms. The van der Waals surface area contributed by atoms with Gasteiger partial charge in [-0.25, -0.2) is 4.98 Å². The van der Waals surface area contributed by atoms with Gasteiger partial charge in [0, 0.05) is 47.9 Å². The molecule has 0 saturated carbocycles. The van der Waals surface area contributed by atoms with Crippen molar-refractivity contribution >= 4 is 21.9 Å². The van der Waals surface area contributed by atoms with Gasteiger partial charge in [-0.2, -0.15) is 5.10 Å². The number of benzene rings is 2. The summed E-state index contributed by atoms with van der Waals surface area (Å²) in [7, 11) is 0. The molecule has 152 valence electrons. The van der Waals surface area contributed by atoms with Gasteiger partial charge >= 0.3 is 0 Å². The molecule has 0 amide bonds. The highest BCUT2D eigenvalue weighted by atomic mass is 15.3. The highest BCUT2D eigenvalue weighted by Gasteiger charge is 2.49. The SMILES string of the molecule is c1ccc2ncc(-c3cc4n(n3)CCC43CN(Cc4nc5ccccc5[nH]4)C3)cc2c1. The Morgan fingerprint density at radius 3 is 2.71 bits per heavy atom. The van der Waals surface area contributed by atoms with Crippen LogP contribution in [0.2, 0.25) is 0 Å². The standard InChI is InChI=1S/C25H22N6/c1-2-6-19-17(5-1)11-18(13-26-19)22-12-23-25(9-10-31(23)29-22)15-30(16-25)14-24-27-20-7-3-4-8-21(20)28-24/h1-8,11-13H,9-10,14-16H2,(H,27,28). The van der Waals surface area contributed by atoms with Gasteiger partial charge in [0.2, 0.25) is 0 Å². The molecule has 0 unspecified atom stereocenters. The van der Waals surface area contributed by atoms with E-state index in [1.807, 2.05) is 30.5 Å². The van der Waals surface area contributed by atoms with E-state index in [9.17, 15) is 0 Å². The van der Waals surface area contributed by atoms with E-state index in [1.165, 1.54) is 12.1 Å². The second-order valence-corrected chi connectivity index (χ2v) is 8.93. The maximum atomic E-state index is 4.92. The fraction of sp³-hybridized carbons (Fsp3) is 0.240. The zero-order valence-corrected chi connectivity index (χ0v) is 17.1. The summed E-state index contributed by atoms with van der Waals surface area (Å²) in [6, 6.07) is 21.0. The number of para-hydroxylation sites is 3. The first-order valence-corrected chi connectivity index (χ1v) is 10.9. The Balaban J connectivity index is 1.13. The summed E-state index contributed by atoms with van der Waals surface area (Å²) in [5, 5.41) is 6.08. The molecule has 7 rings (SSSR count). The van der Waals surface area contributed by atoms with Crippen LogP contribution in [0.1, 0.15) is 17.9 Å². The van der Waals surface area contributed by atoms with E-state index in [4.69, 9.17) is 10.1 Å². The summed E-state index contributed by atoms with van der Waals surface area (Å²) in [6.07, 6.45) is 3.12. The molecule has 3 aromatic heterocycles. The number of imidazole rings is 1. The van der Waals surface area contributed by atoms with Crippen LogP contribution in [0.25, 0.3) is 33.2 Å². The van der Waals surface area contributed by atoms with Crippen molar-refractivity contribution in [2.45, 2.75) is 24.9 Å². The zero-order chi connectivity index (χ0) is 20.4. The quantitative estimate of drug-likeness (QED) is 0.489. The second kappa shape index (κ2) is 6.25. The molecule has 2 aliphatic rings. The molecule has 1 fully saturated rings. The smallest absolute Gasteiger partial charge is 0.121 e. The zero-order valence-electron chi connectivity index (χ0n) is 17.1. The molecule has 0 radical (unpaired) electrons. The molecule has 1 N–H and O–H groups in total. The molecular formula is C25H22N6. The lowest BCUT2D eigenvalue weighted by Crippen LogP contribution is -2.57. The van der Waals surface area contributed by atoms with Crippen molar-refractivity contribution in [2.75, 3.05) is 13.1 Å². The van der Waals surface area contributed by atoms with Gasteiger partial charge in [-0.05, 0) is 36.8 Å². The molecule has 0 aliphatic carbocycles. The van der Waals surface area contributed by atoms with Crippen LogP contribution in [0.3, 0.4) is 0 Å². The summed E-state index contributed by atoms with van der Waals surface area (Å²) in [4.78, 5) is 15.3. The van der Waals surface area contributed by atoms with Crippen molar-refractivity contribution in [3.8, 4) is 11.3 Å². The Morgan fingerprint density at radius 1 is 0.968 bits per heavy atom. The van der Waals surface area contributed by atoms with E-state index in [0.29, 0.717) is 0 Å². The van der Waals surface area contributed by atoms with Gasteiger partial charge in [-0.3, -0.25) is 14.6 Å². The van der Waals surface area contributed by atoms with Crippen LogP contribution in [0.4, 0.5) is 0 Å². The van der Waals surface area contributed by atoms with Crippen molar-refractivity contribution in [2.24, 2.45) is 0 Å². The number of nitrogens with one attached hydrogen (secondary N) is 1. The van der Waals surface area contributed by atoms with Gasteiger partial charge < -0.3 is 4.98 Å². The number of aromatic nitrogens is 5. The maximum absolute atomic E-state index is 4.92. The maximum Gasteiger partial charge on any atom is 0.121 e. The molecule has 5 aromatic rings. The predicted octanol–water partition coefficient (Wildman–Crippen LogP) is 4.13. The van der Waals surface area contributed by atoms with E-state index >= 15 is 0 Å². The molecule has 2 aliphatic heterocycles. The Kier molecular flexibility index (Phi) is 3.47. The van der Waals surface area contributed by atoms with Crippen molar-refractivity contribution < 1.29 is 0 Å². The Morgan fingerprint density at radius 2 is 1.81 bits per heavy atom. The van der Waals surface area contributed by atoms with Crippen LogP contribution in [0.15, 0.2) is 66.9 Å². The number of fused-ring (bicyclic) bond motifs is 4. The second-order valence-electron chi connectivity index (χ2n) is 8.93. The normalized spacial score (nSPS) is 17.4.